The lowest BCUT2D eigenvalue weighted by Crippen LogP contribution is -2.48. The average Bonchev–Trinajstić information content (AvgIpc) is 2.06. The van der Waals surface area contributed by atoms with E-state index in [4.69, 9.17) is 5.11 Å². The Labute approximate surface area is 83.1 Å². The lowest BCUT2D eigenvalue weighted by molar-refractivity contribution is -0.137. The second-order valence-corrected chi connectivity index (χ2v) is 3.49. The number of hydrogen-bond acceptors (Lipinski definition) is 2. The monoisotopic (exact) mass is 200 g/mol. The maximum atomic E-state index is 11.5. The Morgan fingerprint density at radius 2 is 2.14 bits per heavy atom. The number of carboxylic acid groups (broad SMARTS) is 1. The molecule has 1 aliphatic carbocycles. The van der Waals surface area contributed by atoms with E-state index in [0.717, 1.165) is 19.3 Å². The number of carboxylic acids is 1. The highest BCUT2D eigenvalue weighted by atomic mass is 16.4. The molecule has 5 heteroatoms. The van der Waals surface area contributed by atoms with Crippen LogP contribution in [0.15, 0.2) is 0 Å². The first kappa shape index (κ1) is 10.8. The Kier molecular flexibility index (Phi) is 3.73. The standard InChI is InChI=1S/C9H16N2O3/c1-2-11(6-8(12)13)9(14)10-7-4-3-5-7/h7H,2-6H2,1H3,(H,10,14)(H,12,13). The van der Waals surface area contributed by atoms with Crippen molar-refractivity contribution < 1.29 is 14.7 Å². The van der Waals surface area contributed by atoms with Crippen molar-refractivity contribution in [3.8, 4) is 0 Å². The van der Waals surface area contributed by atoms with E-state index in [1.54, 1.807) is 6.92 Å². The number of likely N-dealkylation sites (N-methyl/N-ethyl adjacent to an activating group) is 1. The molecule has 1 saturated carbocycles. The Morgan fingerprint density at radius 1 is 1.50 bits per heavy atom. The number of carbonyl (C=O) groups is 2. The van der Waals surface area contributed by atoms with Crippen LogP contribution in [0.3, 0.4) is 0 Å². The molecule has 14 heavy (non-hydrogen) atoms. The van der Waals surface area contributed by atoms with E-state index >= 15 is 0 Å². The summed E-state index contributed by atoms with van der Waals surface area (Å²) in [6.07, 6.45) is 3.17. The van der Waals surface area contributed by atoms with Crippen LogP contribution in [0.2, 0.25) is 0 Å². The number of carbonyl (C=O) groups excluding carboxylic acids is 1. The lowest BCUT2D eigenvalue weighted by Gasteiger charge is -2.29. The number of hydrogen-bond donors (Lipinski definition) is 2. The van der Waals surface area contributed by atoms with Gasteiger partial charge in [-0.25, -0.2) is 4.79 Å². The van der Waals surface area contributed by atoms with Crippen LogP contribution in [0.5, 0.6) is 0 Å². The molecule has 2 amide bonds. The first-order valence-corrected chi connectivity index (χ1v) is 4.90. The fraction of sp³-hybridized carbons (Fsp3) is 0.778. The topological polar surface area (TPSA) is 69.6 Å². The van der Waals surface area contributed by atoms with Gasteiger partial charge in [0.2, 0.25) is 0 Å². The summed E-state index contributed by atoms with van der Waals surface area (Å²) in [5.74, 6) is -0.976. The summed E-state index contributed by atoms with van der Waals surface area (Å²) in [5.41, 5.74) is 0. The van der Waals surface area contributed by atoms with Gasteiger partial charge in [0.05, 0.1) is 0 Å². The molecule has 0 bridgehead atoms. The molecule has 0 aromatic heterocycles. The maximum absolute atomic E-state index is 11.5. The van der Waals surface area contributed by atoms with Crippen molar-refractivity contribution >= 4 is 12.0 Å². The Hall–Kier alpha value is -1.26. The van der Waals surface area contributed by atoms with Crippen molar-refractivity contribution in [2.24, 2.45) is 0 Å². The molecule has 0 unspecified atom stereocenters. The summed E-state index contributed by atoms with van der Waals surface area (Å²) < 4.78 is 0. The SMILES string of the molecule is CCN(CC(=O)O)C(=O)NC1CCC1. The first-order chi connectivity index (χ1) is 6.63. The van der Waals surface area contributed by atoms with Gasteiger partial charge in [-0.05, 0) is 26.2 Å². The summed E-state index contributed by atoms with van der Waals surface area (Å²) in [7, 11) is 0. The molecular formula is C9H16N2O3. The van der Waals surface area contributed by atoms with Crippen LogP contribution < -0.4 is 5.32 Å². The van der Waals surface area contributed by atoms with E-state index in [9.17, 15) is 9.59 Å². The van der Waals surface area contributed by atoms with Gasteiger partial charge in [-0.3, -0.25) is 4.79 Å². The second kappa shape index (κ2) is 4.83. The highest BCUT2D eigenvalue weighted by molar-refractivity contribution is 5.80. The summed E-state index contributed by atoms with van der Waals surface area (Å²) >= 11 is 0. The third-order valence-electron chi connectivity index (χ3n) is 2.43. The van der Waals surface area contributed by atoms with Crippen LogP contribution >= 0.6 is 0 Å². The van der Waals surface area contributed by atoms with Crippen molar-refractivity contribution in [3.63, 3.8) is 0 Å². The largest absolute Gasteiger partial charge is 0.480 e. The molecule has 0 atom stereocenters. The molecule has 0 radical (unpaired) electrons. The Balaban J connectivity index is 2.34. The molecule has 0 aromatic rings. The molecule has 0 saturated heterocycles. The Morgan fingerprint density at radius 3 is 2.50 bits per heavy atom. The number of urea groups is 1. The first-order valence-electron chi connectivity index (χ1n) is 4.90. The van der Waals surface area contributed by atoms with E-state index in [1.807, 2.05) is 0 Å². The predicted molar refractivity (Wildman–Crippen MR) is 51.1 cm³/mol. The zero-order valence-electron chi connectivity index (χ0n) is 8.32. The van der Waals surface area contributed by atoms with Crippen LogP contribution in [0.1, 0.15) is 26.2 Å². The van der Waals surface area contributed by atoms with Gasteiger partial charge >= 0.3 is 12.0 Å². The van der Waals surface area contributed by atoms with E-state index in [1.165, 1.54) is 4.90 Å². The molecule has 0 aliphatic heterocycles. The molecule has 5 nitrogen and oxygen atoms in total. The predicted octanol–water partition coefficient (Wildman–Crippen LogP) is 0.655. The molecule has 1 rings (SSSR count). The van der Waals surface area contributed by atoms with Crippen LogP contribution in [0.25, 0.3) is 0 Å². The number of nitrogens with one attached hydrogen (secondary N) is 1. The molecule has 0 aromatic carbocycles. The van der Waals surface area contributed by atoms with Gasteiger partial charge in [-0.15, -0.1) is 0 Å². The van der Waals surface area contributed by atoms with E-state index in [0.29, 0.717) is 6.54 Å². The van der Waals surface area contributed by atoms with Crippen LogP contribution in [0, 0.1) is 0 Å². The summed E-state index contributed by atoms with van der Waals surface area (Å²) in [6, 6.07) is -0.00931. The second-order valence-electron chi connectivity index (χ2n) is 3.49. The molecule has 0 heterocycles. The van der Waals surface area contributed by atoms with E-state index in [2.05, 4.69) is 5.32 Å². The highest BCUT2D eigenvalue weighted by Crippen LogP contribution is 2.18. The average molecular weight is 200 g/mol. The fourth-order valence-corrected chi connectivity index (χ4v) is 1.31. The molecular weight excluding hydrogens is 184 g/mol. The maximum Gasteiger partial charge on any atom is 0.323 e. The smallest absolute Gasteiger partial charge is 0.323 e. The van der Waals surface area contributed by atoms with Crippen molar-refractivity contribution in [2.45, 2.75) is 32.2 Å². The molecule has 1 fully saturated rings. The molecule has 1 aliphatic rings. The van der Waals surface area contributed by atoms with Crippen molar-refractivity contribution in [3.05, 3.63) is 0 Å². The highest BCUT2D eigenvalue weighted by Gasteiger charge is 2.22. The van der Waals surface area contributed by atoms with Gasteiger partial charge in [0.1, 0.15) is 6.54 Å². The van der Waals surface area contributed by atoms with Crippen molar-refractivity contribution in [1.29, 1.82) is 0 Å². The van der Waals surface area contributed by atoms with Gasteiger partial charge in [-0.1, -0.05) is 0 Å². The number of nitrogens with zero attached hydrogens (tertiary/aromatic N) is 1. The number of rotatable bonds is 4. The summed E-state index contributed by atoms with van der Waals surface area (Å²) in [6.45, 7) is 1.96. The van der Waals surface area contributed by atoms with Crippen molar-refractivity contribution in [2.75, 3.05) is 13.1 Å². The van der Waals surface area contributed by atoms with Gasteiger partial charge in [0.15, 0.2) is 0 Å². The quantitative estimate of drug-likeness (QED) is 0.700. The van der Waals surface area contributed by atoms with Gasteiger partial charge in [0, 0.05) is 12.6 Å². The zero-order valence-corrected chi connectivity index (χ0v) is 8.32. The fourth-order valence-electron chi connectivity index (χ4n) is 1.31. The number of aliphatic carboxylic acids is 1. The summed E-state index contributed by atoms with van der Waals surface area (Å²) in [4.78, 5) is 23.2. The number of amides is 2. The minimum absolute atomic E-state index is 0.227. The van der Waals surface area contributed by atoms with E-state index < -0.39 is 5.97 Å². The molecule has 0 spiro atoms. The van der Waals surface area contributed by atoms with Gasteiger partial charge < -0.3 is 15.3 Å². The van der Waals surface area contributed by atoms with Gasteiger partial charge in [0.25, 0.3) is 0 Å². The lowest BCUT2D eigenvalue weighted by atomic mass is 9.93. The normalized spacial score (nSPS) is 15.8. The van der Waals surface area contributed by atoms with Gasteiger partial charge in [-0.2, -0.15) is 0 Å². The zero-order chi connectivity index (χ0) is 10.6. The van der Waals surface area contributed by atoms with Crippen LogP contribution in [-0.4, -0.2) is 41.1 Å². The third kappa shape index (κ3) is 2.90. The Bertz CT molecular complexity index is 226. The van der Waals surface area contributed by atoms with Crippen LogP contribution in [-0.2, 0) is 4.79 Å². The van der Waals surface area contributed by atoms with E-state index in [-0.39, 0.29) is 18.6 Å². The minimum atomic E-state index is -0.976. The third-order valence-corrected chi connectivity index (χ3v) is 2.43. The molecule has 80 valence electrons. The minimum Gasteiger partial charge on any atom is -0.480 e. The summed E-state index contributed by atoms with van der Waals surface area (Å²) in [5, 5.41) is 11.3. The molecule has 2 N–H and O–H groups in total. The van der Waals surface area contributed by atoms with Crippen LogP contribution in [0.4, 0.5) is 4.79 Å². The van der Waals surface area contributed by atoms with Crippen molar-refractivity contribution in [1.82, 2.24) is 10.2 Å².